The molecule has 7 fully saturated rings. The predicted octanol–water partition coefficient (Wildman–Crippen LogP) is 11.3. The van der Waals surface area contributed by atoms with Crippen molar-refractivity contribution in [3.8, 4) is 0 Å². The maximum atomic E-state index is 12.8. The van der Waals surface area contributed by atoms with Gasteiger partial charge in [-0.25, -0.2) is 0 Å². The third kappa shape index (κ3) is 20.4. The van der Waals surface area contributed by atoms with E-state index in [1.165, 1.54) is 0 Å². The zero-order chi connectivity index (χ0) is 137. The molecule has 0 saturated heterocycles. The fraction of sp³-hybridized carbons (Fsp3) is 0.417. The number of nitrogens with two attached hydrogens (primary N) is 7. The lowest BCUT2D eigenvalue weighted by Gasteiger charge is -2.35. The van der Waals surface area contributed by atoms with Crippen molar-refractivity contribution in [1.82, 2.24) is 0 Å². The second-order valence-electron chi connectivity index (χ2n) is 22.8. The van der Waals surface area contributed by atoms with E-state index < -0.39 is 499 Å². The van der Waals surface area contributed by atoms with Crippen LogP contribution in [0.3, 0.4) is 0 Å². The molecule has 28 heteroatoms. The molecule has 0 aromatic heterocycles. The van der Waals surface area contributed by atoms with Gasteiger partial charge in [0, 0.05) is 76.3 Å². The number of halogens is 7. The molecule has 7 aromatic rings. The van der Waals surface area contributed by atoms with E-state index in [2.05, 4.69) is 0 Å². The summed E-state index contributed by atoms with van der Waals surface area (Å²) in [5.41, 5.74) is 14.4. The van der Waals surface area contributed by atoms with Gasteiger partial charge in [0.05, 0.1) is 43.9 Å². The van der Waals surface area contributed by atoms with E-state index in [1.54, 1.807) is 0 Å². The Balaban J connectivity index is 0.000000244. The Morgan fingerprint density at radius 1 is 0.268 bits per heavy atom. The highest BCUT2D eigenvalue weighted by Gasteiger charge is 2.50. The standard InChI is InChI=1S/7C12H14ClNO2/c7*13-9-5-2-1-4-8(9)12(14)7-3-6-10(15)11(12)16/h7*1-2,4-5,10,15H,3,6-7,14H2/i1D,2D,3D2,4D,5D,6D2,7D2,10D;1D,2D,4D,5D,6D2,7D2,10D;1D,2D,3D2,4D,5D,7D2,10D;1D,2D,3D2,4D,5D,6D2,7D2;1D,2D,4D,5D,7D2,10D;1D,2D,4D,5D,6D2,7D2;1D,2D,3D2,4D,5D,7D2. The number of carbonyl (C=O) groups excluding carboxylic acids is 7. The van der Waals surface area contributed by atoms with Crippen molar-refractivity contribution in [3.05, 3.63) is 243 Å². The first-order valence-electron chi connectivity index (χ1n) is 61.7. The summed E-state index contributed by atoms with van der Waals surface area (Å²) < 4.78 is 483. The number of aliphatic hydroxyl groups excluding tert-OH is 3. The molecule has 0 heterocycles. The van der Waals surface area contributed by atoms with Crippen LogP contribution in [0.4, 0.5) is 0 Å². The summed E-state index contributed by atoms with van der Waals surface area (Å²) in [6.07, 6.45) is -72.3. The highest BCUT2D eigenvalue weighted by atomic mass is 35.5. The molecule has 0 bridgehead atoms. The molecule has 112 heavy (non-hydrogen) atoms. The molecule has 14 rings (SSSR count). The second-order valence-corrected chi connectivity index (χ2v) is 25.5. The number of Topliss-reactive ketones (excluding diaryl/α,β-unsaturated/α-hetero) is 7. The number of aliphatic hydroxyl groups is 7. The maximum absolute atomic E-state index is 12.8. The van der Waals surface area contributed by atoms with Crippen molar-refractivity contribution >= 4 is 122 Å². The van der Waals surface area contributed by atoms with E-state index in [-0.39, 0.29) is 0 Å². The summed E-state index contributed by atoms with van der Waals surface area (Å²) >= 11 is 41.4. The van der Waals surface area contributed by atoms with E-state index in [0.29, 0.717) is 0 Å². The number of hydrogen-bond acceptors (Lipinski definition) is 21. The van der Waals surface area contributed by atoms with Gasteiger partial charge in [-0.1, -0.05) is 208 Å². The molecule has 21 N–H and O–H groups in total. The molecule has 14 unspecified atom stereocenters. The summed E-state index contributed by atoms with van der Waals surface area (Å²) in [6, 6.07) is -22.8. The predicted molar refractivity (Wildman–Crippen MR) is 435 cm³/mol. The summed E-state index contributed by atoms with van der Waals surface area (Å²) in [7, 11) is 0. The van der Waals surface area contributed by atoms with E-state index in [0.717, 1.165) is 0 Å². The molecule has 21 nitrogen and oxygen atoms in total. The van der Waals surface area contributed by atoms with Crippen LogP contribution >= 0.6 is 81.2 Å². The molecule has 14 atom stereocenters. The minimum absolute atomic E-state index is 0.450. The van der Waals surface area contributed by atoms with Gasteiger partial charge in [-0.2, -0.15) is 0 Å². The zero-order valence-electron chi connectivity index (χ0n) is 118. The van der Waals surface area contributed by atoms with Gasteiger partial charge >= 0.3 is 0 Å². The Labute approximate surface area is 773 Å². The molecule has 602 valence electrons. The molecule has 0 spiro atoms. The van der Waals surface area contributed by atoms with E-state index >= 15 is 0 Å². The zero-order valence-corrected chi connectivity index (χ0v) is 61.4. The van der Waals surface area contributed by atoms with Crippen molar-refractivity contribution in [2.75, 3.05) is 0 Å². The van der Waals surface area contributed by atoms with Gasteiger partial charge in [0.25, 0.3) is 0 Å². The van der Waals surface area contributed by atoms with Crippen molar-refractivity contribution in [1.29, 1.82) is 0 Å². The molecule has 0 amide bonds. The lowest BCUT2D eigenvalue weighted by Crippen LogP contribution is -2.52. The van der Waals surface area contributed by atoms with Crippen LogP contribution in [0.15, 0.2) is 169 Å². The van der Waals surface area contributed by atoms with Crippen LogP contribution in [-0.4, -0.2) is 119 Å². The quantitative estimate of drug-likeness (QED) is 0.0705. The minimum atomic E-state index is -3.88. The van der Waals surface area contributed by atoms with Gasteiger partial charge in [0.2, 0.25) is 0 Å². The first kappa shape index (κ1) is 38.0. The van der Waals surface area contributed by atoms with Gasteiger partial charge in [-0.15, -0.1) is 0 Å². The molecule has 0 radical (unpaired) electrons. The van der Waals surface area contributed by atoms with E-state index in [1.807, 2.05) is 0 Å². The highest BCUT2D eigenvalue weighted by molar-refractivity contribution is 6.34. The normalized spacial score (nSPS) is 47.8. The van der Waals surface area contributed by atoms with Crippen LogP contribution in [0, 0.1) is 0 Å². The van der Waals surface area contributed by atoms with Gasteiger partial charge in [0.1, 0.15) is 81.4 Å². The van der Waals surface area contributed by atoms with Crippen LogP contribution in [0.5, 0.6) is 0 Å². The molecule has 7 aliphatic rings. The van der Waals surface area contributed by atoms with Crippen molar-refractivity contribution < 1.29 is 154 Å². The Hall–Kier alpha value is -6.30. The average Bonchev–Trinajstić information content (AvgIpc) is 0.659. The van der Waals surface area contributed by atoms with Crippen LogP contribution in [-0.2, 0) is 72.3 Å². The summed E-state index contributed by atoms with van der Waals surface area (Å²) in [4.78, 5) is 88.2. The molecular formula is C84H98Cl7N7O14. The Bertz CT molecular complexity index is 7740. The first-order valence-corrected chi connectivity index (χ1v) is 33.4. The van der Waals surface area contributed by atoms with Crippen molar-refractivity contribution in [2.24, 2.45) is 40.1 Å². The topological polar surface area (TPSA) is 443 Å². The third-order valence-electron chi connectivity index (χ3n) is 15.7. The van der Waals surface area contributed by atoms with Crippen molar-refractivity contribution in [3.63, 3.8) is 0 Å². The number of carbonyl (C=O) groups is 7. The molecule has 0 aliphatic heterocycles. The van der Waals surface area contributed by atoms with Crippen LogP contribution in [0.25, 0.3) is 0 Å². The summed E-state index contributed by atoms with van der Waals surface area (Å²) in [5.74, 6) is -11.3. The lowest BCUT2D eigenvalue weighted by atomic mass is 9.75. The van der Waals surface area contributed by atoms with E-state index in [9.17, 15) is 69.3 Å². The smallest absolute Gasteiger partial charge is 0.185 e. The number of benzene rings is 7. The number of hydrogen-bond donors (Lipinski definition) is 14. The Morgan fingerprint density at radius 3 is 0.839 bits per heavy atom. The first-order chi connectivity index (χ1) is 77.1. The van der Waals surface area contributed by atoms with Gasteiger partial charge < -0.3 is 75.9 Å². The number of rotatable bonds is 7. The monoisotopic (exact) mass is 1740 g/mol. The SMILES string of the molecule is [2H]c1c([2H])c([2H])c(C2(N)C(=O)C(O)C([2H])([2H])C([2H])([2H])C2([2H])[2H])c(Cl)c1[2H].[2H]c1c([2H])c([2H])c(C2(N)C(=O)C(O)C([2H])([2H])CC2([2H])[2H])c(Cl)c1[2H].[2H]c1c([2H])c([2H])c(C2(N)C(=O)C(O)CC([2H])([2H])C2([2H])[2H])c(Cl)c1[2H].[2H]c1c([2H])c([2H])c(C2(N)C(=O)C([2H])(O)C([2H])([2H])C([2H])([2H])C2([2H])[2H])c(Cl)c1[2H].[2H]c1c([2H])c([2H])c(C2(N)C(=O)C([2H])(O)C([2H])([2H])CC2([2H])[2H])c(Cl)c1[2H].[2H]c1c([2H])c([2H])c(C2(N)C(=O)C([2H])(O)CC([2H])([2H])C2([2H])[2H])c(Cl)c1[2H].[2H]c1c([2H])c([2H])c(C2(N)C(=O)C([2H])(O)CCC2([2H])[2H])c(Cl)c1[2H]. The Kier molecular flexibility index (Phi) is 13.4. The number of ketones is 7. The van der Waals surface area contributed by atoms with E-state index in [4.69, 9.17) is 206 Å². The van der Waals surface area contributed by atoms with Crippen LogP contribution in [0.2, 0.25) is 35.2 Å². The fourth-order valence-corrected chi connectivity index (χ4v) is 11.5. The molecule has 7 aliphatic carbocycles. The van der Waals surface area contributed by atoms with Gasteiger partial charge in [-0.05, 0) is 215 Å². The largest absolute Gasteiger partial charge is 0.385 e. The molecule has 7 aromatic carbocycles. The minimum Gasteiger partial charge on any atom is -0.385 e. The summed E-state index contributed by atoms with van der Waals surface area (Å²) in [6.45, 7) is 0. The maximum Gasteiger partial charge on any atom is 0.185 e. The van der Waals surface area contributed by atoms with Crippen LogP contribution < -0.4 is 40.1 Å². The lowest BCUT2D eigenvalue weighted by molar-refractivity contribution is -0.136. The highest BCUT2D eigenvalue weighted by Crippen LogP contribution is 2.43. The second kappa shape index (κ2) is 39.6. The van der Waals surface area contributed by atoms with Crippen molar-refractivity contribution in [2.45, 2.75) is 216 Å². The summed E-state index contributed by atoms with van der Waals surface area (Å²) in [5, 5.41) is 64.6. The van der Waals surface area contributed by atoms with Gasteiger partial charge in [0.15, 0.2) is 40.5 Å². The van der Waals surface area contributed by atoms with Crippen LogP contribution in [0.1, 0.15) is 258 Å². The molecular weight excluding hydrogens is 1580 g/mol. The average molecular weight is 1740 g/mol. The fourth-order valence-electron chi connectivity index (χ4n) is 9.79. The van der Waals surface area contributed by atoms with Gasteiger partial charge in [-0.3, -0.25) is 33.6 Å². The molecule has 7 saturated carbocycles. The third-order valence-corrected chi connectivity index (χ3v) is 17.7. The Morgan fingerprint density at radius 2 is 0.491 bits per heavy atom.